The number of thiophene rings is 2. The molecule has 0 saturated heterocycles. The quantitative estimate of drug-likeness (QED) is 0.303. The zero-order valence-electron chi connectivity index (χ0n) is 15.1. The lowest BCUT2D eigenvalue weighted by molar-refractivity contribution is -0.129. The fraction of sp³-hybridized carbons (Fsp3) is 0.278. The number of aromatic nitrogens is 4. The molecule has 0 radical (unpaired) electrons. The topological polar surface area (TPSA) is 85.0 Å². The molecule has 4 rings (SSSR count). The monoisotopic (exact) mass is 431 g/mol. The fourth-order valence-electron chi connectivity index (χ4n) is 2.65. The molecule has 0 aliphatic carbocycles. The predicted octanol–water partition coefficient (Wildman–Crippen LogP) is 4.33. The standard InChI is InChI=1S/C18H17N5O2S3/c1-2-6-23(9-14-21-22-16(25-14)13-4-3-7-26-13)15(24)10-28-18-12-5-8-27-17(12)19-11-20-18/h3-5,7-8,11H,2,6,9-10H2,1H3. The zero-order valence-corrected chi connectivity index (χ0v) is 17.5. The van der Waals surface area contributed by atoms with Gasteiger partial charge in [0.05, 0.1) is 17.2 Å². The lowest BCUT2D eigenvalue weighted by Gasteiger charge is -2.20. The summed E-state index contributed by atoms with van der Waals surface area (Å²) < 4.78 is 5.73. The van der Waals surface area contributed by atoms with Gasteiger partial charge in [0.25, 0.3) is 5.89 Å². The molecule has 28 heavy (non-hydrogen) atoms. The minimum absolute atomic E-state index is 0.0183. The van der Waals surface area contributed by atoms with Crippen LogP contribution < -0.4 is 0 Å². The number of amides is 1. The van der Waals surface area contributed by atoms with Crippen LogP contribution in [0.15, 0.2) is 44.7 Å². The highest BCUT2D eigenvalue weighted by molar-refractivity contribution is 8.00. The van der Waals surface area contributed by atoms with E-state index >= 15 is 0 Å². The van der Waals surface area contributed by atoms with E-state index in [1.54, 1.807) is 33.9 Å². The number of fused-ring (bicyclic) bond motifs is 1. The van der Waals surface area contributed by atoms with Gasteiger partial charge in [0.1, 0.15) is 16.2 Å². The minimum Gasteiger partial charge on any atom is -0.418 e. The Morgan fingerprint density at radius 3 is 2.96 bits per heavy atom. The normalized spacial score (nSPS) is 11.2. The van der Waals surface area contributed by atoms with Gasteiger partial charge in [0.15, 0.2) is 0 Å². The smallest absolute Gasteiger partial charge is 0.257 e. The molecule has 0 fully saturated rings. The van der Waals surface area contributed by atoms with Crippen LogP contribution in [0.25, 0.3) is 21.0 Å². The van der Waals surface area contributed by atoms with Gasteiger partial charge in [-0.2, -0.15) is 0 Å². The Hall–Kier alpha value is -2.30. The van der Waals surface area contributed by atoms with Crippen LogP contribution in [-0.2, 0) is 11.3 Å². The molecule has 144 valence electrons. The second-order valence-corrected chi connectivity index (χ2v) is 8.71. The summed E-state index contributed by atoms with van der Waals surface area (Å²) in [6.45, 7) is 2.98. The van der Waals surface area contributed by atoms with Crippen molar-refractivity contribution < 1.29 is 9.21 Å². The summed E-state index contributed by atoms with van der Waals surface area (Å²) in [6, 6.07) is 5.85. The first-order chi connectivity index (χ1) is 13.7. The molecule has 0 aromatic carbocycles. The van der Waals surface area contributed by atoms with Gasteiger partial charge in [-0.15, -0.1) is 32.9 Å². The highest BCUT2D eigenvalue weighted by Crippen LogP contribution is 2.28. The molecular formula is C18H17N5O2S3. The first-order valence-corrected chi connectivity index (χ1v) is 11.4. The maximum atomic E-state index is 12.8. The third kappa shape index (κ3) is 4.23. The second kappa shape index (κ2) is 8.80. The maximum Gasteiger partial charge on any atom is 0.257 e. The van der Waals surface area contributed by atoms with Crippen LogP contribution in [0.2, 0.25) is 0 Å². The second-order valence-electron chi connectivity index (χ2n) is 5.90. The van der Waals surface area contributed by atoms with Crippen molar-refractivity contribution >= 4 is 50.6 Å². The molecule has 0 aliphatic rings. The molecule has 4 aromatic rings. The van der Waals surface area contributed by atoms with Crippen LogP contribution in [0, 0.1) is 0 Å². The van der Waals surface area contributed by atoms with Crippen LogP contribution in [0.4, 0.5) is 0 Å². The minimum atomic E-state index is 0.0183. The summed E-state index contributed by atoms with van der Waals surface area (Å²) >= 11 is 4.54. The Bertz CT molecular complexity index is 1060. The van der Waals surface area contributed by atoms with Crippen molar-refractivity contribution in [2.24, 2.45) is 0 Å². The Labute approximate surface area is 173 Å². The lowest BCUT2D eigenvalue weighted by Crippen LogP contribution is -2.32. The molecule has 0 aliphatic heterocycles. The molecule has 0 atom stereocenters. The lowest BCUT2D eigenvalue weighted by atomic mass is 10.4. The molecule has 0 saturated carbocycles. The van der Waals surface area contributed by atoms with E-state index in [-0.39, 0.29) is 5.91 Å². The number of hydrogen-bond acceptors (Lipinski definition) is 9. The van der Waals surface area contributed by atoms with Gasteiger partial charge in [0, 0.05) is 11.9 Å². The SMILES string of the molecule is CCCN(Cc1nnc(-c2cccs2)o1)C(=O)CSc1ncnc2sccc12. The van der Waals surface area contributed by atoms with Crippen LogP contribution >= 0.6 is 34.4 Å². The van der Waals surface area contributed by atoms with Crippen molar-refractivity contribution in [3.8, 4) is 10.8 Å². The Morgan fingerprint density at radius 2 is 2.14 bits per heavy atom. The van der Waals surface area contributed by atoms with E-state index in [1.165, 1.54) is 11.8 Å². The van der Waals surface area contributed by atoms with Gasteiger partial charge >= 0.3 is 0 Å². The molecule has 10 heteroatoms. The summed E-state index contributed by atoms with van der Waals surface area (Å²) in [6.07, 6.45) is 2.39. The summed E-state index contributed by atoms with van der Waals surface area (Å²) in [5.74, 6) is 1.25. The van der Waals surface area contributed by atoms with Crippen molar-refractivity contribution in [3.63, 3.8) is 0 Å². The number of thioether (sulfide) groups is 1. The van der Waals surface area contributed by atoms with Gasteiger partial charge < -0.3 is 9.32 Å². The first-order valence-electron chi connectivity index (χ1n) is 8.69. The van der Waals surface area contributed by atoms with Crippen molar-refractivity contribution in [1.82, 2.24) is 25.1 Å². The fourth-order valence-corrected chi connectivity index (χ4v) is 4.97. The van der Waals surface area contributed by atoms with Gasteiger partial charge in [-0.25, -0.2) is 9.97 Å². The Morgan fingerprint density at radius 1 is 1.21 bits per heavy atom. The predicted molar refractivity (Wildman–Crippen MR) is 111 cm³/mol. The molecule has 0 spiro atoms. The summed E-state index contributed by atoms with van der Waals surface area (Å²) in [4.78, 5) is 25.0. The van der Waals surface area contributed by atoms with Gasteiger partial charge in [-0.3, -0.25) is 4.79 Å². The van der Waals surface area contributed by atoms with Crippen molar-refractivity contribution in [3.05, 3.63) is 41.2 Å². The van der Waals surface area contributed by atoms with Gasteiger partial charge in [-0.05, 0) is 29.3 Å². The highest BCUT2D eigenvalue weighted by atomic mass is 32.2. The summed E-state index contributed by atoms with van der Waals surface area (Å²) in [7, 11) is 0. The van der Waals surface area contributed by atoms with E-state index in [9.17, 15) is 4.79 Å². The van der Waals surface area contributed by atoms with Crippen LogP contribution in [0.1, 0.15) is 19.2 Å². The average molecular weight is 432 g/mol. The third-order valence-corrected chi connectivity index (χ3v) is 6.60. The Kier molecular flexibility index (Phi) is 5.98. The summed E-state index contributed by atoms with van der Waals surface area (Å²) in [5.41, 5.74) is 0. The van der Waals surface area contributed by atoms with E-state index in [1.807, 2.05) is 35.9 Å². The molecule has 4 aromatic heterocycles. The molecule has 0 unspecified atom stereocenters. The van der Waals surface area contributed by atoms with E-state index < -0.39 is 0 Å². The van der Waals surface area contributed by atoms with Crippen molar-refractivity contribution in [2.45, 2.75) is 24.9 Å². The molecule has 7 nitrogen and oxygen atoms in total. The van der Waals surface area contributed by atoms with Crippen molar-refractivity contribution in [2.75, 3.05) is 12.3 Å². The molecule has 1 amide bonds. The number of nitrogens with zero attached hydrogens (tertiary/aromatic N) is 5. The average Bonchev–Trinajstić information content (AvgIpc) is 3.46. The van der Waals surface area contributed by atoms with E-state index in [0.29, 0.717) is 30.6 Å². The van der Waals surface area contributed by atoms with Crippen LogP contribution in [0.3, 0.4) is 0 Å². The molecule has 0 bridgehead atoms. The van der Waals surface area contributed by atoms with Gasteiger partial charge in [-0.1, -0.05) is 24.8 Å². The van der Waals surface area contributed by atoms with E-state index in [0.717, 1.165) is 26.5 Å². The van der Waals surface area contributed by atoms with Crippen LogP contribution in [0.5, 0.6) is 0 Å². The van der Waals surface area contributed by atoms with Crippen LogP contribution in [-0.4, -0.2) is 43.3 Å². The van der Waals surface area contributed by atoms with E-state index in [2.05, 4.69) is 20.2 Å². The maximum absolute atomic E-state index is 12.8. The first kappa shape index (κ1) is 19.0. The molecule has 0 N–H and O–H groups in total. The Balaban J connectivity index is 1.42. The molecule has 4 heterocycles. The summed E-state index contributed by atoms with van der Waals surface area (Å²) in [5, 5.41) is 13.9. The van der Waals surface area contributed by atoms with Gasteiger partial charge in [0.2, 0.25) is 11.8 Å². The van der Waals surface area contributed by atoms with Crippen molar-refractivity contribution in [1.29, 1.82) is 0 Å². The third-order valence-electron chi connectivity index (χ3n) is 3.93. The number of rotatable bonds is 8. The molecular weight excluding hydrogens is 414 g/mol. The number of carbonyl (C=O) groups is 1. The largest absolute Gasteiger partial charge is 0.418 e. The zero-order chi connectivity index (χ0) is 19.3. The van der Waals surface area contributed by atoms with E-state index in [4.69, 9.17) is 4.42 Å². The number of hydrogen-bond donors (Lipinski definition) is 0. The highest BCUT2D eigenvalue weighted by Gasteiger charge is 2.19. The number of carbonyl (C=O) groups excluding carboxylic acids is 1.